The van der Waals surface area contributed by atoms with Gasteiger partial charge in [0.2, 0.25) is 5.91 Å². The highest BCUT2D eigenvalue weighted by Gasteiger charge is 2.18. The Morgan fingerprint density at radius 3 is 2.80 bits per heavy atom. The van der Waals surface area contributed by atoms with E-state index in [-0.39, 0.29) is 23.9 Å². The molecule has 0 fully saturated rings. The van der Waals surface area contributed by atoms with Gasteiger partial charge in [-0.05, 0) is 35.4 Å². The van der Waals surface area contributed by atoms with E-state index in [1.54, 1.807) is 19.1 Å². The van der Waals surface area contributed by atoms with Crippen molar-refractivity contribution in [2.75, 3.05) is 6.54 Å². The highest BCUT2D eigenvalue weighted by molar-refractivity contribution is 7.08. The molecule has 2 N–H and O–H groups in total. The van der Waals surface area contributed by atoms with Gasteiger partial charge in [0.05, 0.1) is 12.0 Å². The van der Waals surface area contributed by atoms with Gasteiger partial charge >= 0.3 is 0 Å². The number of halogens is 1. The number of carbonyl (C=O) groups excluding carboxylic acids is 1. The number of hydrogen-bond donors (Lipinski definition) is 2. The van der Waals surface area contributed by atoms with Crippen molar-refractivity contribution in [1.82, 2.24) is 5.32 Å². The smallest absolute Gasteiger partial charge is 0.227 e. The van der Waals surface area contributed by atoms with E-state index in [0.29, 0.717) is 0 Å². The first-order valence-corrected chi connectivity index (χ1v) is 7.26. The van der Waals surface area contributed by atoms with Gasteiger partial charge in [-0.15, -0.1) is 0 Å². The summed E-state index contributed by atoms with van der Waals surface area (Å²) in [5.74, 6) is -0.937. The monoisotopic (exact) mass is 293 g/mol. The Morgan fingerprint density at radius 2 is 2.15 bits per heavy atom. The maximum atomic E-state index is 13.5. The lowest BCUT2D eigenvalue weighted by Crippen LogP contribution is -2.31. The summed E-state index contributed by atoms with van der Waals surface area (Å²) in [5.41, 5.74) is 1.13. The minimum absolute atomic E-state index is 0.00571. The van der Waals surface area contributed by atoms with E-state index >= 15 is 0 Å². The summed E-state index contributed by atoms with van der Waals surface area (Å²) in [6, 6.07) is 7.89. The fourth-order valence-corrected chi connectivity index (χ4v) is 2.63. The maximum Gasteiger partial charge on any atom is 0.227 e. The van der Waals surface area contributed by atoms with Crippen molar-refractivity contribution in [3.8, 4) is 0 Å². The summed E-state index contributed by atoms with van der Waals surface area (Å²) < 4.78 is 13.5. The van der Waals surface area contributed by atoms with Crippen LogP contribution in [0.2, 0.25) is 0 Å². The van der Waals surface area contributed by atoms with Crippen molar-refractivity contribution in [2.24, 2.45) is 0 Å². The van der Waals surface area contributed by atoms with Crippen LogP contribution in [0.4, 0.5) is 4.39 Å². The molecule has 1 amide bonds. The van der Waals surface area contributed by atoms with Crippen LogP contribution in [0.15, 0.2) is 41.1 Å². The molecule has 0 spiro atoms. The third-order valence-electron chi connectivity index (χ3n) is 3.17. The maximum absolute atomic E-state index is 13.5. The van der Waals surface area contributed by atoms with Crippen LogP contribution in [0.1, 0.15) is 30.1 Å². The number of benzene rings is 1. The molecular weight excluding hydrogens is 277 g/mol. The van der Waals surface area contributed by atoms with E-state index in [0.717, 1.165) is 5.56 Å². The summed E-state index contributed by atoms with van der Waals surface area (Å²) in [6.45, 7) is 1.79. The Kier molecular flexibility index (Phi) is 4.87. The van der Waals surface area contributed by atoms with Gasteiger partial charge in [-0.1, -0.05) is 18.2 Å². The topological polar surface area (TPSA) is 49.3 Å². The van der Waals surface area contributed by atoms with E-state index < -0.39 is 11.9 Å². The molecule has 106 valence electrons. The summed E-state index contributed by atoms with van der Waals surface area (Å²) >= 11 is 1.53. The fraction of sp³-hybridized carbons (Fsp3) is 0.267. The molecule has 2 unspecified atom stereocenters. The van der Waals surface area contributed by atoms with Crippen molar-refractivity contribution in [3.05, 3.63) is 58.0 Å². The largest absolute Gasteiger partial charge is 0.386 e. The Bertz CT molecular complexity index is 571. The molecule has 1 aromatic carbocycles. The Labute approximate surface area is 121 Å². The summed E-state index contributed by atoms with van der Waals surface area (Å²) in [4.78, 5) is 12.0. The highest BCUT2D eigenvalue weighted by atomic mass is 32.1. The van der Waals surface area contributed by atoms with Gasteiger partial charge in [-0.3, -0.25) is 4.79 Å². The molecule has 0 aliphatic rings. The molecule has 5 heteroatoms. The second kappa shape index (κ2) is 6.63. The van der Waals surface area contributed by atoms with E-state index in [4.69, 9.17) is 0 Å². The predicted octanol–water partition coefficient (Wildman–Crippen LogP) is 2.84. The number of rotatable bonds is 5. The van der Waals surface area contributed by atoms with E-state index in [2.05, 4.69) is 5.32 Å². The first-order valence-electron chi connectivity index (χ1n) is 6.32. The van der Waals surface area contributed by atoms with Gasteiger partial charge in [0.25, 0.3) is 0 Å². The van der Waals surface area contributed by atoms with Crippen LogP contribution >= 0.6 is 11.3 Å². The Morgan fingerprint density at radius 1 is 1.40 bits per heavy atom. The van der Waals surface area contributed by atoms with Gasteiger partial charge in [-0.25, -0.2) is 4.39 Å². The predicted molar refractivity (Wildman–Crippen MR) is 77.1 cm³/mol. The molecule has 20 heavy (non-hydrogen) atoms. The van der Waals surface area contributed by atoms with Crippen molar-refractivity contribution in [3.63, 3.8) is 0 Å². The van der Waals surface area contributed by atoms with Crippen LogP contribution in [0, 0.1) is 5.82 Å². The lowest BCUT2D eigenvalue weighted by atomic mass is 10.0. The molecule has 0 bridgehead atoms. The lowest BCUT2D eigenvalue weighted by molar-refractivity contribution is -0.122. The van der Waals surface area contributed by atoms with E-state index in [1.165, 1.54) is 23.5 Å². The van der Waals surface area contributed by atoms with Crippen LogP contribution in [0.5, 0.6) is 0 Å². The lowest BCUT2D eigenvalue weighted by Gasteiger charge is -2.15. The first kappa shape index (κ1) is 14.7. The molecular formula is C15H16FNO2S. The normalized spacial score (nSPS) is 13.8. The standard InChI is InChI=1S/C15H16FNO2S/c1-10(11-6-7-20-9-11)15(19)17-8-14(18)12-4-2-3-5-13(12)16/h2-7,9-10,14,18H,8H2,1H3,(H,17,19). The van der Waals surface area contributed by atoms with Crippen molar-refractivity contribution in [1.29, 1.82) is 0 Å². The van der Waals surface area contributed by atoms with Crippen molar-refractivity contribution >= 4 is 17.2 Å². The van der Waals surface area contributed by atoms with Crippen molar-refractivity contribution in [2.45, 2.75) is 18.9 Å². The minimum atomic E-state index is -1.05. The van der Waals surface area contributed by atoms with Gasteiger partial charge < -0.3 is 10.4 Å². The SMILES string of the molecule is CC(C(=O)NCC(O)c1ccccc1F)c1ccsc1. The number of hydrogen-bond acceptors (Lipinski definition) is 3. The zero-order valence-corrected chi connectivity index (χ0v) is 11.9. The van der Waals surface area contributed by atoms with Crippen LogP contribution in [-0.2, 0) is 4.79 Å². The third-order valence-corrected chi connectivity index (χ3v) is 3.87. The van der Waals surface area contributed by atoms with Crippen LogP contribution < -0.4 is 5.32 Å². The van der Waals surface area contributed by atoms with Crippen LogP contribution in [0.3, 0.4) is 0 Å². The molecule has 0 saturated heterocycles. The molecule has 0 aliphatic heterocycles. The molecule has 2 atom stereocenters. The average molecular weight is 293 g/mol. The van der Waals surface area contributed by atoms with Crippen LogP contribution in [-0.4, -0.2) is 17.6 Å². The fourth-order valence-electron chi connectivity index (χ4n) is 1.88. The second-order valence-corrected chi connectivity index (χ2v) is 5.34. The number of carbonyl (C=O) groups is 1. The molecule has 2 rings (SSSR count). The van der Waals surface area contributed by atoms with Crippen LogP contribution in [0.25, 0.3) is 0 Å². The summed E-state index contributed by atoms with van der Waals surface area (Å²) in [7, 11) is 0. The zero-order valence-electron chi connectivity index (χ0n) is 11.0. The number of aliphatic hydroxyl groups is 1. The molecule has 0 saturated carbocycles. The third kappa shape index (κ3) is 3.43. The van der Waals surface area contributed by atoms with Gasteiger partial charge in [0.15, 0.2) is 0 Å². The molecule has 0 radical (unpaired) electrons. The molecule has 2 aromatic rings. The number of nitrogens with one attached hydrogen (secondary N) is 1. The zero-order chi connectivity index (χ0) is 14.5. The van der Waals surface area contributed by atoms with E-state index in [1.807, 2.05) is 16.8 Å². The van der Waals surface area contributed by atoms with E-state index in [9.17, 15) is 14.3 Å². The van der Waals surface area contributed by atoms with Gasteiger partial charge in [-0.2, -0.15) is 11.3 Å². The quantitative estimate of drug-likeness (QED) is 0.890. The number of aliphatic hydroxyl groups excluding tert-OH is 1. The summed E-state index contributed by atoms with van der Waals surface area (Å²) in [5, 5.41) is 16.4. The average Bonchev–Trinajstić information content (AvgIpc) is 2.98. The first-order chi connectivity index (χ1) is 9.59. The van der Waals surface area contributed by atoms with Gasteiger partial charge in [0.1, 0.15) is 5.82 Å². The second-order valence-electron chi connectivity index (χ2n) is 4.56. The molecule has 1 aromatic heterocycles. The van der Waals surface area contributed by atoms with Crippen molar-refractivity contribution < 1.29 is 14.3 Å². The molecule has 3 nitrogen and oxygen atoms in total. The number of thiophene rings is 1. The molecule has 0 aliphatic carbocycles. The Balaban J connectivity index is 1.92. The molecule has 1 heterocycles. The van der Waals surface area contributed by atoms with Gasteiger partial charge in [0, 0.05) is 12.1 Å². The summed E-state index contributed by atoms with van der Waals surface area (Å²) in [6.07, 6.45) is -1.05. The number of amides is 1. The minimum Gasteiger partial charge on any atom is -0.386 e. The highest BCUT2D eigenvalue weighted by Crippen LogP contribution is 2.19. The Hall–Kier alpha value is -1.72.